The second-order valence-corrected chi connectivity index (χ2v) is 6.45. The maximum absolute atomic E-state index is 11.0. The number of hydrogen-bond acceptors (Lipinski definition) is 3. The van der Waals surface area contributed by atoms with E-state index in [4.69, 9.17) is 5.11 Å². The van der Waals surface area contributed by atoms with Crippen molar-refractivity contribution >= 4 is 29.2 Å². The highest BCUT2D eigenvalue weighted by Gasteiger charge is 2.05. The predicted molar refractivity (Wildman–Crippen MR) is 116 cm³/mol. The van der Waals surface area contributed by atoms with Crippen LogP contribution in [0.4, 0.5) is 17.1 Å². The van der Waals surface area contributed by atoms with E-state index in [1.54, 1.807) is 30.5 Å². The van der Waals surface area contributed by atoms with Gasteiger partial charge in [0, 0.05) is 23.3 Å². The Hall–Kier alpha value is -4.12. The molecule has 0 spiro atoms. The molecule has 0 aliphatic heterocycles. The van der Waals surface area contributed by atoms with Gasteiger partial charge in [0.25, 0.3) is 0 Å². The number of hydrogen-bond donors (Lipinski definition) is 2. The van der Waals surface area contributed by atoms with E-state index in [2.05, 4.69) is 10.3 Å². The molecule has 5 heteroatoms. The maximum Gasteiger partial charge on any atom is 0.335 e. The largest absolute Gasteiger partial charge is 0.478 e. The minimum Gasteiger partial charge on any atom is -0.478 e. The van der Waals surface area contributed by atoms with Crippen LogP contribution in [0.3, 0.4) is 0 Å². The molecular formula is C24H19N3O2. The van der Waals surface area contributed by atoms with Crippen LogP contribution in [0.2, 0.25) is 0 Å². The third kappa shape index (κ3) is 4.42. The zero-order chi connectivity index (χ0) is 20.1. The van der Waals surface area contributed by atoms with Crippen LogP contribution in [-0.4, -0.2) is 21.9 Å². The van der Waals surface area contributed by atoms with Gasteiger partial charge < -0.3 is 15.0 Å². The van der Waals surface area contributed by atoms with Crippen molar-refractivity contribution in [2.45, 2.75) is 0 Å². The predicted octanol–water partition coefficient (Wildman–Crippen LogP) is 5.67. The zero-order valence-electron chi connectivity index (χ0n) is 15.6. The van der Waals surface area contributed by atoms with E-state index in [0.29, 0.717) is 0 Å². The summed E-state index contributed by atoms with van der Waals surface area (Å²) >= 11 is 0. The molecule has 4 aromatic rings. The average Bonchev–Trinajstić information content (AvgIpc) is 3.23. The van der Waals surface area contributed by atoms with Crippen LogP contribution in [0.15, 0.2) is 102 Å². The Bertz CT molecular complexity index is 1130. The van der Waals surface area contributed by atoms with Crippen LogP contribution in [0, 0.1) is 0 Å². The number of carboxylic acids is 1. The summed E-state index contributed by atoms with van der Waals surface area (Å²) in [5.41, 5.74) is 4.92. The van der Waals surface area contributed by atoms with Gasteiger partial charge in [-0.1, -0.05) is 18.2 Å². The maximum atomic E-state index is 11.0. The molecule has 1 aromatic heterocycles. The molecule has 0 amide bonds. The molecule has 29 heavy (non-hydrogen) atoms. The van der Waals surface area contributed by atoms with Crippen LogP contribution >= 0.6 is 0 Å². The van der Waals surface area contributed by atoms with Crippen molar-refractivity contribution in [3.63, 3.8) is 0 Å². The molecule has 0 aliphatic rings. The number of benzene rings is 3. The van der Waals surface area contributed by atoms with Crippen molar-refractivity contribution in [1.29, 1.82) is 0 Å². The Morgan fingerprint density at radius 1 is 0.828 bits per heavy atom. The van der Waals surface area contributed by atoms with Gasteiger partial charge in [0.2, 0.25) is 0 Å². The summed E-state index contributed by atoms with van der Waals surface area (Å²) in [6, 6.07) is 28.5. The van der Waals surface area contributed by atoms with Crippen LogP contribution in [-0.2, 0) is 0 Å². The fourth-order valence-corrected chi connectivity index (χ4v) is 2.96. The second-order valence-electron chi connectivity index (χ2n) is 6.45. The molecule has 1 heterocycles. The molecule has 0 atom stereocenters. The lowest BCUT2D eigenvalue weighted by atomic mass is 10.2. The number of anilines is 2. The molecule has 2 N–H and O–H groups in total. The monoisotopic (exact) mass is 381 g/mol. The highest BCUT2D eigenvalue weighted by atomic mass is 16.4. The highest BCUT2D eigenvalue weighted by Crippen LogP contribution is 2.20. The molecule has 142 valence electrons. The molecule has 0 saturated heterocycles. The number of nitrogens with zero attached hydrogens (tertiary/aromatic N) is 2. The average molecular weight is 381 g/mol. The topological polar surface area (TPSA) is 66.6 Å². The first-order valence-corrected chi connectivity index (χ1v) is 9.16. The Kier molecular flexibility index (Phi) is 5.21. The first-order valence-electron chi connectivity index (χ1n) is 9.16. The Morgan fingerprint density at radius 2 is 1.52 bits per heavy atom. The van der Waals surface area contributed by atoms with Crippen LogP contribution in [0.25, 0.3) is 5.69 Å². The van der Waals surface area contributed by atoms with Gasteiger partial charge in [-0.25, -0.2) is 4.79 Å². The van der Waals surface area contributed by atoms with Gasteiger partial charge in [-0.15, -0.1) is 0 Å². The van der Waals surface area contributed by atoms with Gasteiger partial charge in [0.15, 0.2) is 0 Å². The summed E-state index contributed by atoms with van der Waals surface area (Å²) < 4.78 is 1.96. The normalized spacial score (nSPS) is 10.9. The number of para-hydroxylation sites is 1. The van der Waals surface area contributed by atoms with E-state index in [1.165, 1.54) is 0 Å². The van der Waals surface area contributed by atoms with Crippen LogP contribution in [0.5, 0.6) is 0 Å². The van der Waals surface area contributed by atoms with Crippen LogP contribution in [0.1, 0.15) is 16.1 Å². The smallest absolute Gasteiger partial charge is 0.335 e. The minimum atomic E-state index is -0.934. The van der Waals surface area contributed by atoms with E-state index in [0.717, 1.165) is 28.4 Å². The number of carboxylic acid groups (broad SMARTS) is 1. The fraction of sp³-hybridized carbons (Fsp3) is 0. The lowest BCUT2D eigenvalue weighted by Crippen LogP contribution is -2.00. The summed E-state index contributed by atoms with van der Waals surface area (Å²) in [4.78, 5) is 15.6. The summed E-state index contributed by atoms with van der Waals surface area (Å²) in [6.07, 6.45) is 3.72. The summed E-state index contributed by atoms with van der Waals surface area (Å²) in [5.74, 6) is -0.934. The zero-order valence-corrected chi connectivity index (χ0v) is 15.6. The molecular weight excluding hydrogens is 362 g/mol. The molecule has 5 nitrogen and oxygen atoms in total. The van der Waals surface area contributed by atoms with Crippen molar-refractivity contribution in [2.24, 2.45) is 4.99 Å². The van der Waals surface area contributed by atoms with Gasteiger partial charge in [0.05, 0.1) is 23.2 Å². The number of carbonyl (C=O) groups is 1. The van der Waals surface area contributed by atoms with Crippen LogP contribution < -0.4 is 5.32 Å². The number of aromatic carboxylic acids is 1. The van der Waals surface area contributed by atoms with Gasteiger partial charge in [-0.05, 0) is 72.8 Å². The second kappa shape index (κ2) is 8.27. The van der Waals surface area contributed by atoms with E-state index >= 15 is 0 Å². The molecule has 0 unspecified atom stereocenters. The Labute approximate surface area is 168 Å². The van der Waals surface area contributed by atoms with Crippen molar-refractivity contribution < 1.29 is 9.90 Å². The quantitative estimate of drug-likeness (QED) is 0.423. The van der Waals surface area contributed by atoms with Crippen molar-refractivity contribution in [3.05, 3.63) is 108 Å². The summed E-state index contributed by atoms with van der Waals surface area (Å²) in [7, 11) is 0. The molecule has 4 rings (SSSR count). The third-order valence-electron chi connectivity index (χ3n) is 4.45. The lowest BCUT2D eigenvalue weighted by Gasteiger charge is -2.07. The molecule has 0 aliphatic carbocycles. The first kappa shape index (κ1) is 18.3. The minimum absolute atomic E-state index is 0.264. The van der Waals surface area contributed by atoms with E-state index in [-0.39, 0.29) is 5.56 Å². The van der Waals surface area contributed by atoms with E-state index < -0.39 is 5.97 Å². The summed E-state index contributed by atoms with van der Waals surface area (Å²) in [6.45, 7) is 0. The lowest BCUT2D eigenvalue weighted by molar-refractivity contribution is 0.0697. The first-order chi connectivity index (χ1) is 14.2. The Balaban J connectivity index is 1.48. The van der Waals surface area contributed by atoms with Gasteiger partial charge in [0.1, 0.15) is 0 Å². The summed E-state index contributed by atoms with van der Waals surface area (Å²) in [5, 5.41) is 12.4. The molecule has 0 bridgehead atoms. The molecule has 0 saturated carbocycles. The number of aromatic nitrogens is 1. The highest BCUT2D eigenvalue weighted by molar-refractivity contribution is 5.88. The molecule has 0 fully saturated rings. The van der Waals surface area contributed by atoms with E-state index in [9.17, 15) is 4.79 Å². The van der Waals surface area contributed by atoms with Crippen molar-refractivity contribution in [2.75, 3.05) is 5.32 Å². The number of rotatable bonds is 6. The number of aliphatic imine (C=N–C) groups is 1. The molecule has 0 radical (unpaired) electrons. The van der Waals surface area contributed by atoms with E-state index in [1.807, 2.05) is 77.5 Å². The van der Waals surface area contributed by atoms with Gasteiger partial charge in [-0.2, -0.15) is 0 Å². The fourth-order valence-electron chi connectivity index (χ4n) is 2.96. The standard InChI is InChI=1S/C24H19N3O2/c28-24(29)18-8-14-22(15-9-18)27-16-4-7-23(27)17-25-19-10-12-21(13-11-19)26-20-5-2-1-3-6-20/h1-17,26H,(H,28,29). The number of nitrogens with one attached hydrogen (secondary N) is 1. The SMILES string of the molecule is O=C(O)c1ccc(-n2cccc2C=Nc2ccc(Nc3ccccc3)cc2)cc1. The van der Waals surface area contributed by atoms with Gasteiger partial charge in [-0.3, -0.25) is 4.99 Å². The third-order valence-corrected chi connectivity index (χ3v) is 4.45. The molecule has 3 aromatic carbocycles. The van der Waals surface area contributed by atoms with Gasteiger partial charge >= 0.3 is 5.97 Å². The Morgan fingerprint density at radius 3 is 2.21 bits per heavy atom. The van der Waals surface area contributed by atoms with Crippen molar-refractivity contribution in [1.82, 2.24) is 4.57 Å². The van der Waals surface area contributed by atoms with Crippen molar-refractivity contribution in [3.8, 4) is 5.69 Å².